The van der Waals surface area contributed by atoms with Crippen LogP contribution in [0.2, 0.25) is 0 Å². The van der Waals surface area contributed by atoms with Crippen molar-refractivity contribution in [3.8, 4) is 11.8 Å². The summed E-state index contributed by atoms with van der Waals surface area (Å²) >= 11 is 1.41. The summed E-state index contributed by atoms with van der Waals surface area (Å²) in [6, 6.07) is 9.36. The zero-order chi connectivity index (χ0) is 14.2. The van der Waals surface area contributed by atoms with Crippen LogP contribution in [0.3, 0.4) is 0 Å². The minimum absolute atomic E-state index is 0.211. The Bertz CT molecular complexity index is 551. The van der Waals surface area contributed by atoms with Gasteiger partial charge in [0.25, 0.3) is 0 Å². The number of ether oxygens (including phenoxy) is 1. The van der Waals surface area contributed by atoms with Crippen molar-refractivity contribution in [1.29, 1.82) is 5.26 Å². The Morgan fingerprint density at radius 2 is 2.20 bits per heavy atom. The molecule has 0 aliphatic heterocycles. The monoisotopic (exact) mass is 290 g/mol. The molecule has 0 bridgehead atoms. The van der Waals surface area contributed by atoms with Crippen LogP contribution in [0, 0.1) is 11.3 Å². The van der Waals surface area contributed by atoms with Gasteiger partial charge in [0, 0.05) is 5.75 Å². The van der Waals surface area contributed by atoms with Gasteiger partial charge in [0.05, 0.1) is 24.8 Å². The number of aliphatic hydroxyl groups is 1. The molecule has 1 aromatic carbocycles. The fourth-order valence-electron chi connectivity index (χ4n) is 1.48. The summed E-state index contributed by atoms with van der Waals surface area (Å²) in [5.41, 5.74) is 0.946. The number of nitrogens with zero attached hydrogens (tertiary/aromatic N) is 3. The molecule has 2 aromatic rings. The molecular formula is C13H14N4O2S. The first-order valence-corrected chi connectivity index (χ1v) is 7.02. The number of nitriles is 1. The molecular weight excluding hydrogens is 276 g/mol. The highest BCUT2D eigenvalue weighted by Gasteiger charge is 2.07. The molecule has 0 radical (unpaired) electrons. The number of aromatic amines is 1. The number of benzene rings is 1. The summed E-state index contributed by atoms with van der Waals surface area (Å²) in [6.45, 7) is 0.211. The molecule has 6 nitrogen and oxygen atoms in total. The molecule has 2 N–H and O–H groups in total. The number of hydrogen-bond acceptors (Lipinski definition) is 6. The number of aromatic nitrogens is 3. The maximum absolute atomic E-state index is 9.80. The van der Waals surface area contributed by atoms with Crippen LogP contribution < -0.4 is 4.74 Å². The lowest BCUT2D eigenvalue weighted by Gasteiger charge is -2.11. The van der Waals surface area contributed by atoms with E-state index < -0.39 is 6.10 Å². The van der Waals surface area contributed by atoms with Gasteiger partial charge in [-0.1, -0.05) is 12.1 Å². The lowest BCUT2D eigenvalue weighted by atomic mass is 10.2. The van der Waals surface area contributed by atoms with E-state index >= 15 is 0 Å². The third-order valence-electron chi connectivity index (χ3n) is 2.47. The van der Waals surface area contributed by atoms with Crippen LogP contribution in [-0.4, -0.2) is 39.0 Å². The summed E-state index contributed by atoms with van der Waals surface area (Å²) in [4.78, 5) is 0. The van der Waals surface area contributed by atoms with Gasteiger partial charge in [0.1, 0.15) is 17.4 Å². The number of nitrogens with one attached hydrogen (secondary N) is 1. The van der Waals surface area contributed by atoms with Gasteiger partial charge in [-0.05, 0) is 17.7 Å². The van der Waals surface area contributed by atoms with E-state index in [0.29, 0.717) is 17.9 Å². The highest BCUT2D eigenvalue weighted by molar-refractivity contribution is 7.99. The first-order chi connectivity index (χ1) is 9.78. The lowest BCUT2D eigenvalue weighted by molar-refractivity contribution is 0.126. The minimum atomic E-state index is -0.588. The normalized spacial score (nSPS) is 11.8. The third-order valence-corrected chi connectivity index (χ3v) is 3.51. The molecule has 104 valence electrons. The van der Waals surface area contributed by atoms with E-state index in [1.165, 1.54) is 11.8 Å². The SMILES string of the molecule is N#CCc1ccc(OC[C@@H](O)CSc2cn[nH]n2)cc1. The summed E-state index contributed by atoms with van der Waals surface area (Å²) in [5.74, 6) is 1.16. The summed E-state index contributed by atoms with van der Waals surface area (Å²) < 4.78 is 5.48. The Hall–Kier alpha value is -2.04. The van der Waals surface area contributed by atoms with Gasteiger partial charge >= 0.3 is 0 Å². The molecule has 0 aliphatic rings. The van der Waals surface area contributed by atoms with Gasteiger partial charge in [-0.3, -0.25) is 0 Å². The van der Waals surface area contributed by atoms with Crippen molar-refractivity contribution in [3.05, 3.63) is 36.0 Å². The van der Waals surface area contributed by atoms with E-state index in [9.17, 15) is 5.11 Å². The van der Waals surface area contributed by atoms with Crippen molar-refractivity contribution in [1.82, 2.24) is 15.4 Å². The number of aliphatic hydroxyl groups excluding tert-OH is 1. The molecule has 1 heterocycles. The molecule has 1 aromatic heterocycles. The van der Waals surface area contributed by atoms with Crippen molar-refractivity contribution < 1.29 is 9.84 Å². The first-order valence-electron chi connectivity index (χ1n) is 6.03. The average molecular weight is 290 g/mol. The molecule has 0 amide bonds. The third kappa shape index (κ3) is 4.57. The van der Waals surface area contributed by atoms with E-state index in [1.54, 1.807) is 18.3 Å². The second-order valence-corrected chi connectivity index (χ2v) is 5.10. The molecule has 1 atom stereocenters. The average Bonchev–Trinajstić information content (AvgIpc) is 2.98. The standard InChI is InChI=1S/C13H14N4O2S/c14-6-5-10-1-3-12(4-2-10)19-8-11(18)9-20-13-7-15-17-16-13/h1-4,7,11,18H,5,8-9H2,(H,15,16,17)/t11-/m1/s1. The molecule has 20 heavy (non-hydrogen) atoms. The minimum Gasteiger partial charge on any atom is -0.491 e. The van der Waals surface area contributed by atoms with Crippen molar-refractivity contribution in [3.63, 3.8) is 0 Å². The molecule has 0 fully saturated rings. The van der Waals surface area contributed by atoms with Crippen LogP contribution in [-0.2, 0) is 6.42 Å². The molecule has 0 aliphatic carbocycles. The predicted octanol–water partition coefficient (Wildman–Crippen LogP) is 1.40. The van der Waals surface area contributed by atoms with Crippen LogP contribution in [0.1, 0.15) is 5.56 Å². The zero-order valence-corrected chi connectivity index (χ0v) is 11.5. The Labute approximate surface area is 120 Å². The van der Waals surface area contributed by atoms with E-state index in [4.69, 9.17) is 10.00 Å². The number of thioether (sulfide) groups is 1. The van der Waals surface area contributed by atoms with Crippen LogP contribution >= 0.6 is 11.8 Å². The Balaban J connectivity index is 1.72. The largest absolute Gasteiger partial charge is 0.491 e. The van der Waals surface area contributed by atoms with Crippen LogP contribution in [0.5, 0.6) is 5.75 Å². The topological polar surface area (TPSA) is 94.8 Å². The summed E-state index contributed by atoms with van der Waals surface area (Å²) in [5, 5.41) is 29.2. The van der Waals surface area contributed by atoms with Gasteiger partial charge in [-0.15, -0.1) is 16.9 Å². The smallest absolute Gasteiger partial charge is 0.138 e. The van der Waals surface area contributed by atoms with Crippen LogP contribution in [0.25, 0.3) is 0 Å². The summed E-state index contributed by atoms with van der Waals surface area (Å²) in [6.07, 6.45) is 1.40. The second kappa shape index (κ2) is 7.53. The molecule has 0 saturated heterocycles. The van der Waals surface area contributed by atoms with Crippen molar-refractivity contribution in [2.75, 3.05) is 12.4 Å². The fraction of sp³-hybridized carbons (Fsp3) is 0.308. The predicted molar refractivity (Wildman–Crippen MR) is 74.4 cm³/mol. The van der Waals surface area contributed by atoms with Gasteiger partial charge in [0.2, 0.25) is 0 Å². The lowest BCUT2D eigenvalue weighted by Crippen LogP contribution is -2.20. The van der Waals surface area contributed by atoms with E-state index in [1.807, 2.05) is 12.1 Å². The van der Waals surface area contributed by atoms with E-state index in [-0.39, 0.29) is 6.61 Å². The summed E-state index contributed by atoms with van der Waals surface area (Å²) in [7, 11) is 0. The van der Waals surface area contributed by atoms with E-state index in [2.05, 4.69) is 21.5 Å². The quantitative estimate of drug-likeness (QED) is 0.748. The number of rotatable bonds is 7. The maximum atomic E-state index is 9.80. The molecule has 7 heteroatoms. The van der Waals surface area contributed by atoms with Crippen molar-refractivity contribution >= 4 is 11.8 Å². The molecule has 0 spiro atoms. The van der Waals surface area contributed by atoms with Crippen molar-refractivity contribution in [2.45, 2.75) is 17.6 Å². The second-order valence-electron chi connectivity index (χ2n) is 4.06. The van der Waals surface area contributed by atoms with Gasteiger partial charge in [-0.25, -0.2) is 0 Å². The number of hydrogen-bond donors (Lipinski definition) is 2. The Morgan fingerprint density at radius 1 is 1.40 bits per heavy atom. The van der Waals surface area contributed by atoms with Crippen LogP contribution in [0.15, 0.2) is 35.5 Å². The Kier molecular flexibility index (Phi) is 5.41. The van der Waals surface area contributed by atoms with Crippen molar-refractivity contribution in [2.24, 2.45) is 0 Å². The first kappa shape index (κ1) is 14.4. The van der Waals surface area contributed by atoms with Gasteiger partial charge in [0.15, 0.2) is 0 Å². The zero-order valence-electron chi connectivity index (χ0n) is 10.7. The number of H-pyrrole nitrogens is 1. The van der Waals surface area contributed by atoms with E-state index in [0.717, 1.165) is 10.6 Å². The fourth-order valence-corrected chi connectivity index (χ4v) is 2.17. The highest BCUT2D eigenvalue weighted by atomic mass is 32.2. The molecule has 0 unspecified atom stereocenters. The molecule has 0 saturated carbocycles. The van der Waals surface area contributed by atoms with Gasteiger partial charge < -0.3 is 9.84 Å². The molecule has 2 rings (SSSR count). The highest BCUT2D eigenvalue weighted by Crippen LogP contribution is 2.16. The van der Waals surface area contributed by atoms with Crippen LogP contribution in [0.4, 0.5) is 0 Å². The maximum Gasteiger partial charge on any atom is 0.138 e. The van der Waals surface area contributed by atoms with Gasteiger partial charge in [-0.2, -0.15) is 15.6 Å². The Morgan fingerprint density at radius 3 is 2.85 bits per heavy atom.